The molecule has 0 unspecified atom stereocenters. The molecule has 5 aromatic rings. The molecular weight excluding hydrogens is 528 g/mol. The number of hydrogen-bond acceptors (Lipinski definition) is 7. The molecule has 0 fully saturated rings. The van der Waals surface area contributed by atoms with Crippen LogP contribution in [-0.4, -0.2) is 31.9 Å². The van der Waals surface area contributed by atoms with Gasteiger partial charge >= 0.3 is 0 Å². The lowest BCUT2D eigenvalue weighted by atomic mass is 10.1. The van der Waals surface area contributed by atoms with Gasteiger partial charge in [0.25, 0.3) is 5.56 Å². The number of rotatable bonds is 6. The van der Waals surface area contributed by atoms with Crippen LogP contribution in [0.15, 0.2) is 52.6 Å². The topological polar surface area (TPSA) is 99.8 Å². The number of thiazole rings is 1. The van der Waals surface area contributed by atoms with E-state index in [1.54, 1.807) is 31.4 Å². The maximum Gasteiger partial charge on any atom is 0.268 e. The fourth-order valence-corrected chi connectivity index (χ4v) is 5.42. The van der Waals surface area contributed by atoms with E-state index in [-0.39, 0.29) is 42.6 Å². The number of hydrogen-bond donors (Lipinski definition) is 1. The lowest BCUT2D eigenvalue weighted by molar-refractivity contribution is -0.120. The maximum absolute atomic E-state index is 14.4. The molecule has 4 heterocycles. The zero-order chi connectivity index (χ0) is 27.3. The van der Waals surface area contributed by atoms with Gasteiger partial charge in [0.1, 0.15) is 23.0 Å². The Bertz CT molecular complexity index is 1830. The number of amides is 1. The van der Waals surface area contributed by atoms with E-state index < -0.39 is 17.2 Å². The molecule has 2 aromatic carbocycles. The predicted molar refractivity (Wildman–Crippen MR) is 139 cm³/mol. The molecule has 1 aliphatic heterocycles. The van der Waals surface area contributed by atoms with Gasteiger partial charge in [0.2, 0.25) is 12.7 Å². The molecule has 1 amide bonds. The van der Waals surface area contributed by atoms with E-state index in [1.807, 2.05) is 12.1 Å². The van der Waals surface area contributed by atoms with Crippen molar-refractivity contribution >= 4 is 22.2 Å². The lowest BCUT2D eigenvalue weighted by Gasteiger charge is -2.08. The molecule has 1 aliphatic rings. The molecule has 198 valence electrons. The Morgan fingerprint density at radius 2 is 1.92 bits per heavy atom. The Kier molecular flexibility index (Phi) is 6.10. The standard InChI is InChI=1S/C27H21F2N5O4S/c1-14-7-20(32-34(14)21-9-17(28)4-5-19(21)29)25-15(2)31-27-33(26(25)36)18(12-39-27)10-24(35)30-11-16-3-6-22-23(8-16)38-13-37-22/h3-9,12H,10-11,13H2,1-2H3,(H,30,35). The Labute approximate surface area is 224 Å². The third-order valence-corrected chi connectivity index (χ3v) is 7.24. The molecule has 0 spiro atoms. The van der Waals surface area contributed by atoms with Gasteiger partial charge < -0.3 is 14.8 Å². The molecule has 0 bridgehead atoms. The highest BCUT2D eigenvalue weighted by molar-refractivity contribution is 7.15. The van der Waals surface area contributed by atoms with E-state index in [2.05, 4.69) is 15.4 Å². The molecule has 3 aromatic heterocycles. The van der Waals surface area contributed by atoms with Crippen LogP contribution in [0.5, 0.6) is 11.5 Å². The molecule has 0 saturated heterocycles. The summed E-state index contributed by atoms with van der Waals surface area (Å²) in [6.07, 6.45) is -0.0450. The highest BCUT2D eigenvalue weighted by Gasteiger charge is 2.21. The molecular formula is C27H21F2N5O4S. The van der Waals surface area contributed by atoms with Crippen LogP contribution < -0.4 is 20.3 Å². The summed E-state index contributed by atoms with van der Waals surface area (Å²) in [4.78, 5) is 31.4. The third kappa shape index (κ3) is 4.52. The number of nitrogens with one attached hydrogen (secondary N) is 1. The van der Waals surface area contributed by atoms with Crippen LogP contribution >= 0.6 is 11.3 Å². The van der Waals surface area contributed by atoms with Crippen molar-refractivity contribution in [3.05, 3.63) is 92.5 Å². The maximum atomic E-state index is 14.4. The van der Waals surface area contributed by atoms with E-state index in [0.717, 1.165) is 23.8 Å². The molecule has 12 heteroatoms. The summed E-state index contributed by atoms with van der Waals surface area (Å²) in [6, 6.07) is 10.1. The van der Waals surface area contributed by atoms with Gasteiger partial charge in [-0.15, -0.1) is 11.3 Å². The first-order valence-corrected chi connectivity index (χ1v) is 12.8. The number of aromatic nitrogens is 4. The summed E-state index contributed by atoms with van der Waals surface area (Å²) in [6.45, 7) is 3.82. The van der Waals surface area contributed by atoms with Crippen molar-refractivity contribution < 1.29 is 23.0 Å². The van der Waals surface area contributed by atoms with E-state index >= 15 is 0 Å². The number of benzene rings is 2. The average molecular weight is 550 g/mol. The minimum absolute atomic E-state index is 0.0450. The minimum Gasteiger partial charge on any atom is -0.454 e. The van der Waals surface area contributed by atoms with Gasteiger partial charge in [-0.05, 0) is 49.7 Å². The van der Waals surface area contributed by atoms with Gasteiger partial charge in [0.15, 0.2) is 16.5 Å². The van der Waals surface area contributed by atoms with E-state index in [9.17, 15) is 18.4 Å². The highest BCUT2D eigenvalue weighted by Crippen LogP contribution is 2.32. The number of ether oxygens (including phenoxy) is 2. The largest absolute Gasteiger partial charge is 0.454 e. The van der Waals surface area contributed by atoms with Crippen LogP contribution in [-0.2, 0) is 17.8 Å². The summed E-state index contributed by atoms with van der Waals surface area (Å²) < 4.78 is 41.5. The van der Waals surface area contributed by atoms with Crippen LogP contribution in [0.1, 0.15) is 22.6 Å². The van der Waals surface area contributed by atoms with Crippen LogP contribution in [0.4, 0.5) is 8.78 Å². The quantitative estimate of drug-likeness (QED) is 0.343. The van der Waals surface area contributed by atoms with Crippen LogP contribution in [0.25, 0.3) is 21.9 Å². The van der Waals surface area contributed by atoms with Crippen molar-refractivity contribution in [3.63, 3.8) is 0 Å². The summed E-state index contributed by atoms with van der Waals surface area (Å²) in [5.41, 5.74) is 2.28. The van der Waals surface area contributed by atoms with Crippen molar-refractivity contribution in [1.29, 1.82) is 0 Å². The smallest absolute Gasteiger partial charge is 0.268 e. The van der Waals surface area contributed by atoms with Gasteiger partial charge in [-0.2, -0.15) is 5.10 Å². The van der Waals surface area contributed by atoms with Gasteiger partial charge in [0, 0.05) is 29.4 Å². The first kappa shape index (κ1) is 24.7. The molecule has 39 heavy (non-hydrogen) atoms. The van der Waals surface area contributed by atoms with Crippen molar-refractivity contribution in [2.75, 3.05) is 6.79 Å². The Morgan fingerprint density at radius 1 is 1.10 bits per heavy atom. The van der Waals surface area contributed by atoms with Gasteiger partial charge in [-0.25, -0.2) is 18.4 Å². The Hall–Kier alpha value is -4.58. The van der Waals surface area contributed by atoms with Crippen molar-refractivity contribution in [1.82, 2.24) is 24.5 Å². The van der Waals surface area contributed by atoms with Crippen molar-refractivity contribution in [2.24, 2.45) is 0 Å². The van der Waals surface area contributed by atoms with Gasteiger partial charge in [-0.3, -0.25) is 14.0 Å². The number of carbonyl (C=O) groups excluding carboxylic acids is 1. The summed E-state index contributed by atoms with van der Waals surface area (Å²) in [5, 5.41) is 8.99. The van der Waals surface area contributed by atoms with Crippen LogP contribution in [0, 0.1) is 25.5 Å². The molecule has 6 rings (SSSR count). The molecule has 0 radical (unpaired) electrons. The van der Waals surface area contributed by atoms with Crippen molar-refractivity contribution in [3.8, 4) is 28.4 Å². The summed E-state index contributed by atoms with van der Waals surface area (Å²) in [5.74, 6) is -0.245. The van der Waals surface area contributed by atoms with Crippen LogP contribution in [0.2, 0.25) is 0 Å². The number of aryl methyl sites for hydroxylation is 2. The van der Waals surface area contributed by atoms with Crippen LogP contribution in [0.3, 0.4) is 0 Å². The lowest BCUT2D eigenvalue weighted by Crippen LogP contribution is -2.27. The monoisotopic (exact) mass is 549 g/mol. The van der Waals surface area contributed by atoms with Gasteiger partial charge in [0.05, 0.1) is 17.7 Å². The van der Waals surface area contributed by atoms with E-state index in [1.165, 1.54) is 20.4 Å². The first-order chi connectivity index (χ1) is 18.8. The predicted octanol–water partition coefficient (Wildman–Crippen LogP) is 4.09. The zero-order valence-corrected chi connectivity index (χ0v) is 21.6. The average Bonchev–Trinajstić information content (AvgIpc) is 3.63. The minimum atomic E-state index is -0.650. The molecule has 1 N–H and O–H groups in total. The fraction of sp³-hybridized carbons (Fsp3) is 0.185. The SMILES string of the molecule is Cc1nc2scc(CC(=O)NCc3ccc4c(c3)OCO4)n2c(=O)c1-c1cc(C)n(-c2cc(F)ccc2F)n1. The number of nitrogens with zero attached hydrogens (tertiary/aromatic N) is 4. The highest BCUT2D eigenvalue weighted by atomic mass is 32.1. The van der Waals surface area contributed by atoms with E-state index in [4.69, 9.17) is 9.47 Å². The number of fused-ring (bicyclic) bond motifs is 2. The second kappa shape index (κ2) is 9.62. The molecule has 9 nitrogen and oxygen atoms in total. The summed E-state index contributed by atoms with van der Waals surface area (Å²) in [7, 11) is 0. The first-order valence-electron chi connectivity index (χ1n) is 12.0. The normalized spacial score (nSPS) is 12.3. The summed E-state index contributed by atoms with van der Waals surface area (Å²) >= 11 is 1.25. The number of halogens is 2. The van der Waals surface area contributed by atoms with Gasteiger partial charge in [-0.1, -0.05) is 6.07 Å². The fourth-order valence-electron chi connectivity index (χ4n) is 4.49. The zero-order valence-electron chi connectivity index (χ0n) is 20.8. The molecule has 0 aliphatic carbocycles. The molecule has 0 saturated carbocycles. The third-order valence-electron chi connectivity index (χ3n) is 6.37. The number of carbonyl (C=O) groups is 1. The second-order valence-electron chi connectivity index (χ2n) is 9.04. The molecule has 0 atom stereocenters. The van der Waals surface area contributed by atoms with Crippen molar-refractivity contribution in [2.45, 2.75) is 26.8 Å². The second-order valence-corrected chi connectivity index (χ2v) is 9.88. The van der Waals surface area contributed by atoms with E-state index in [0.29, 0.717) is 33.5 Å². The Balaban J connectivity index is 1.29. The Morgan fingerprint density at radius 3 is 2.77 bits per heavy atom.